The molecule has 29 heavy (non-hydrogen) atoms. The Bertz CT molecular complexity index is 1080. The van der Waals surface area contributed by atoms with Crippen molar-refractivity contribution in [3.05, 3.63) is 69.3 Å². The van der Waals surface area contributed by atoms with Gasteiger partial charge < -0.3 is 10.6 Å². The minimum atomic E-state index is -0.383. The van der Waals surface area contributed by atoms with Crippen molar-refractivity contribution in [3.8, 4) is 0 Å². The summed E-state index contributed by atoms with van der Waals surface area (Å²) in [6, 6.07) is 12.4. The maximum absolute atomic E-state index is 12.5. The Hall–Kier alpha value is -2.90. The predicted octanol–water partition coefficient (Wildman–Crippen LogP) is 4.24. The number of aromatic nitrogens is 3. The molecule has 0 aliphatic carbocycles. The van der Waals surface area contributed by atoms with Crippen molar-refractivity contribution in [2.75, 3.05) is 10.6 Å². The Morgan fingerprint density at radius 1 is 1.21 bits per heavy atom. The van der Waals surface area contributed by atoms with Crippen LogP contribution >= 0.6 is 23.2 Å². The molecule has 0 radical (unpaired) electrons. The van der Waals surface area contributed by atoms with Gasteiger partial charge in [-0.1, -0.05) is 40.5 Å². The highest BCUT2D eigenvalue weighted by Crippen LogP contribution is 2.40. The maximum atomic E-state index is 12.5. The van der Waals surface area contributed by atoms with E-state index in [1.807, 2.05) is 31.2 Å². The Kier molecular flexibility index (Phi) is 5.25. The van der Waals surface area contributed by atoms with Crippen molar-refractivity contribution in [2.45, 2.75) is 25.3 Å². The van der Waals surface area contributed by atoms with E-state index in [-0.39, 0.29) is 24.3 Å². The molecule has 1 aliphatic rings. The predicted molar refractivity (Wildman–Crippen MR) is 112 cm³/mol. The first-order valence-electron chi connectivity index (χ1n) is 8.98. The van der Waals surface area contributed by atoms with E-state index < -0.39 is 0 Å². The average molecular weight is 430 g/mol. The largest absolute Gasteiger partial charge is 0.328 e. The van der Waals surface area contributed by atoms with E-state index in [2.05, 4.69) is 20.9 Å². The molecular weight excluding hydrogens is 413 g/mol. The van der Waals surface area contributed by atoms with Gasteiger partial charge in [-0.3, -0.25) is 9.59 Å². The third-order valence-corrected chi connectivity index (χ3v) is 5.51. The first-order valence-corrected chi connectivity index (χ1v) is 9.73. The second-order valence-corrected chi connectivity index (χ2v) is 7.67. The topological polar surface area (TPSA) is 88.9 Å². The van der Waals surface area contributed by atoms with Crippen LogP contribution in [0.5, 0.6) is 0 Å². The standard InChI is InChI=1S/C20H17Cl2N5O2/c1-11(12-2-4-13(21)5-3-12)27-20-19(25-26-27)16(9-18(29)24-20)15-8-14(22)6-7-17(15)23-10-28/h2-8,10-11,16H,9H2,1H3,(H,23,28)(H,24,29). The minimum absolute atomic E-state index is 0.161. The molecule has 0 spiro atoms. The lowest BCUT2D eigenvalue weighted by atomic mass is 9.88. The summed E-state index contributed by atoms with van der Waals surface area (Å²) >= 11 is 12.2. The highest BCUT2D eigenvalue weighted by atomic mass is 35.5. The highest BCUT2D eigenvalue weighted by molar-refractivity contribution is 6.31. The summed E-state index contributed by atoms with van der Waals surface area (Å²) in [6.45, 7) is 1.97. The number of carbonyl (C=O) groups is 2. The van der Waals surface area contributed by atoms with Crippen LogP contribution in [0.4, 0.5) is 11.5 Å². The van der Waals surface area contributed by atoms with Crippen molar-refractivity contribution in [1.29, 1.82) is 0 Å². The summed E-state index contributed by atoms with van der Waals surface area (Å²) in [7, 11) is 0. The van der Waals surface area contributed by atoms with Crippen molar-refractivity contribution < 1.29 is 9.59 Å². The SMILES string of the molecule is CC(c1ccc(Cl)cc1)n1nnc2c1NC(=O)CC2c1cc(Cl)ccc1NC=O. The zero-order valence-electron chi connectivity index (χ0n) is 15.4. The summed E-state index contributed by atoms with van der Waals surface area (Å²) in [4.78, 5) is 23.5. The van der Waals surface area contributed by atoms with Crippen molar-refractivity contribution >= 4 is 47.0 Å². The molecule has 1 aliphatic heterocycles. The lowest BCUT2D eigenvalue weighted by molar-refractivity contribution is -0.116. The van der Waals surface area contributed by atoms with Gasteiger partial charge in [-0.25, -0.2) is 4.68 Å². The number of nitrogens with zero attached hydrogens (tertiary/aromatic N) is 3. The van der Waals surface area contributed by atoms with Crippen LogP contribution in [-0.4, -0.2) is 27.3 Å². The van der Waals surface area contributed by atoms with Crippen LogP contribution in [0.25, 0.3) is 0 Å². The Labute approximate surface area is 177 Å². The third kappa shape index (κ3) is 3.71. The van der Waals surface area contributed by atoms with E-state index in [1.165, 1.54) is 0 Å². The molecule has 148 valence electrons. The van der Waals surface area contributed by atoms with Crippen LogP contribution in [0.3, 0.4) is 0 Å². The second-order valence-electron chi connectivity index (χ2n) is 6.79. The Balaban J connectivity index is 1.78. The molecule has 4 rings (SSSR count). The smallest absolute Gasteiger partial charge is 0.226 e. The van der Waals surface area contributed by atoms with Crippen LogP contribution in [0.1, 0.15) is 42.1 Å². The number of anilines is 2. The fourth-order valence-corrected chi connectivity index (χ4v) is 3.86. The van der Waals surface area contributed by atoms with Gasteiger partial charge in [0.05, 0.1) is 6.04 Å². The van der Waals surface area contributed by atoms with Gasteiger partial charge in [0.25, 0.3) is 0 Å². The van der Waals surface area contributed by atoms with E-state index in [1.54, 1.807) is 22.9 Å². The molecule has 3 aromatic rings. The molecule has 9 heteroatoms. The molecule has 0 fully saturated rings. The highest BCUT2D eigenvalue weighted by Gasteiger charge is 2.34. The van der Waals surface area contributed by atoms with E-state index >= 15 is 0 Å². The van der Waals surface area contributed by atoms with E-state index in [0.717, 1.165) is 5.56 Å². The van der Waals surface area contributed by atoms with Gasteiger partial charge in [0.2, 0.25) is 12.3 Å². The van der Waals surface area contributed by atoms with Gasteiger partial charge in [-0.15, -0.1) is 5.10 Å². The van der Waals surface area contributed by atoms with E-state index in [4.69, 9.17) is 23.2 Å². The maximum Gasteiger partial charge on any atom is 0.226 e. The summed E-state index contributed by atoms with van der Waals surface area (Å²) in [5, 5.41) is 15.4. The van der Waals surface area contributed by atoms with Gasteiger partial charge in [-0.05, 0) is 48.4 Å². The zero-order valence-corrected chi connectivity index (χ0v) is 16.9. The molecule has 0 saturated carbocycles. The van der Waals surface area contributed by atoms with Crippen molar-refractivity contribution in [2.24, 2.45) is 0 Å². The number of hydrogen-bond acceptors (Lipinski definition) is 4. The molecule has 0 saturated heterocycles. The van der Waals surface area contributed by atoms with Crippen molar-refractivity contribution in [1.82, 2.24) is 15.0 Å². The van der Waals surface area contributed by atoms with Gasteiger partial charge >= 0.3 is 0 Å². The van der Waals surface area contributed by atoms with E-state index in [0.29, 0.717) is 39.2 Å². The lowest BCUT2D eigenvalue weighted by Crippen LogP contribution is -2.26. The van der Waals surface area contributed by atoms with Crippen LogP contribution in [0.15, 0.2) is 42.5 Å². The number of rotatable bonds is 5. The summed E-state index contributed by atoms with van der Waals surface area (Å²) in [5.74, 6) is -0.0109. The molecule has 1 aromatic heterocycles. The Morgan fingerprint density at radius 2 is 1.93 bits per heavy atom. The number of benzene rings is 2. The molecule has 0 bridgehead atoms. The molecule has 2 unspecified atom stereocenters. The fourth-order valence-electron chi connectivity index (χ4n) is 3.55. The summed E-state index contributed by atoms with van der Waals surface area (Å²) in [6.07, 6.45) is 0.769. The zero-order chi connectivity index (χ0) is 20.5. The van der Waals surface area contributed by atoms with Crippen LogP contribution < -0.4 is 10.6 Å². The van der Waals surface area contributed by atoms with Crippen molar-refractivity contribution in [3.63, 3.8) is 0 Å². The fraction of sp³-hybridized carbons (Fsp3) is 0.200. The first kappa shape index (κ1) is 19.4. The monoisotopic (exact) mass is 429 g/mol. The Morgan fingerprint density at radius 3 is 2.66 bits per heavy atom. The van der Waals surface area contributed by atoms with Gasteiger partial charge in [0, 0.05) is 28.1 Å². The molecule has 2 heterocycles. The third-order valence-electron chi connectivity index (χ3n) is 5.02. The number of carbonyl (C=O) groups excluding carboxylic acids is 2. The first-order chi connectivity index (χ1) is 14.0. The van der Waals surface area contributed by atoms with Gasteiger partial charge in [0.15, 0.2) is 5.82 Å². The molecule has 2 N–H and O–H groups in total. The van der Waals surface area contributed by atoms with E-state index in [9.17, 15) is 9.59 Å². The minimum Gasteiger partial charge on any atom is -0.328 e. The van der Waals surface area contributed by atoms with Gasteiger partial charge in [-0.2, -0.15) is 0 Å². The summed E-state index contributed by atoms with van der Waals surface area (Å²) in [5.41, 5.74) is 2.90. The average Bonchev–Trinajstić information content (AvgIpc) is 3.12. The number of hydrogen-bond donors (Lipinski definition) is 2. The number of halogens is 2. The number of nitrogens with one attached hydrogen (secondary N) is 2. The molecule has 7 nitrogen and oxygen atoms in total. The van der Waals surface area contributed by atoms with Crippen LogP contribution in [0, 0.1) is 0 Å². The van der Waals surface area contributed by atoms with Crippen LogP contribution in [-0.2, 0) is 9.59 Å². The normalized spacial score (nSPS) is 16.7. The molecular formula is C20H17Cl2N5O2. The van der Waals surface area contributed by atoms with Gasteiger partial charge in [0.1, 0.15) is 5.69 Å². The van der Waals surface area contributed by atoms with Crippen LogP contribution in [0.2, 0.25) is 10.0 Å². The molecule has 2 atom stereocenters. The lowest BCUT2D eigenvalue weighted by Gasteiger charge is -2.25. The molecule has 2 amide bonds. The quantitative estimate of drug-likeness (QED) is 0.593. The second kappa shape index (κ2) is 7.85. The molecule has 2 aromatic carbocycles. The summed E-state index contributed by atoms with van der Waals surface area (Å²) < 4.78 is 1.68. The number of fused-ring (bicyclic) bond motifs is 1. The number of amides is 2.